The molecule has 4 heteroatoms. The summed E-state index contributed by atoms with van der Waals surface area (Å²) >= 11 is 0. The van der Waals surface area contributed by atoms with Gasteiger partial charge in [-0.25, -0.2) is 0 Å². The molecular weight excluding hydrogens is 180 g/mol. The largest absolute Gasteiger partial charge is 0.395 e. The maximum atomic E-state index is 11.7. The third-order valence-electron chi connectivity index (χ3n) is 2.68. The lowest BCUT2D eigenvalue weighted by Gasteiger charge is -2.22. The normalized spacial score (nSPS) is 16.6. The second-order valence-electron chi connectivity index (χ2n) is 3.68. The van der Waals surface area contributed by atoms with E-state index in [4.69, 9.17) is 5.11 Å². The average molecular weight is 200 g/mol. The van der Waals surface area contributed by atoms with Crippen LogP contribution in [0.2, 0.25) is 0 Å². The minimum Gasteiger partial charge on any atom is -0.395 e. The van der Waals surface area contributed by atoms with Crippen LogP contribution in [0.25, 0.3) is 0 Å². The lowest BCUT2D eigenvalue weighted by Crippen LogP contribution is -2.39. The number of carbonyl (C=O) groups excluding carboxylic acids is 1. The van der Waals surface area contributed by atoms with Crippen molar-refractivity contribution in [3.63, 3.8) is 0 Å². The molecule has 14 heavy (non-hydrogen) atoms. The fourth-order valence-electron chi connectivity index (χ4n) is 1.75. The first-order chi connectivity index (χ1) is 6.77. The second-order valence-corrected chi connectivity index (χ2v) is 3.68. The van der Waals surface area contributed by atoms with E-state index in [2.05, 4.69) is 0 Å². The first kappa shape index (κ1) is 11.5. The van der Waals surface area contributed by atoms with Gasteiger partial charge in [-0.05, 0) is 19.4 Å². The van der Waals surface area contributed by atoms with Gasteiger partial charge >= 0.3 is 0 Å². The Kier molecular flexibility index (Phi) is 4.90. The standard InChI is InChI=1S/C10H20N2O2/c1-2-11(7-8-13)9-10(14)12-5-3-4-6-12/h13H,2-9H2,1H3. The number of likely N-dealkylation sites (N-methyl/N-ethyl adjacent to an activating group) is 1. The molecule has 82 valence electrons. The van der Waals surface area contributed by atoms with Crippen molar-refractivity contribution in [1.82, 2.24) is 9.80 Å². The van der Waals surface area contributed by atoms with Crippen LogP contribution in [0.1, 0.15) is 19.8 Å². The van der Waals surface area contributed by atoms with Gasteiger partial charge < -0.3 is 10.0 Å². The summed E-state index contributed by atoms with van der Waals surface area (Å²) in [5.41, 5.74) is 0. The summed E-state index contributed by atoms with van der Waals surface area (Å²) in [5.74, 6) is 0.206. The van der Waals surface area contributed by atoms with Gasteiger partial charge in [0.25, 0.3) is 0 Å². The summed E-state index contributed by atoms with van der Waals surface area (Å²) in [4.78, 5) is 15.6. The highest BCUT2D eigenvalue weighted by molar-refractivity contribution is 5.78. The number of hydrogen-bond acceptors (Lipinski definition) is 3. The molecule has 1 rings (SSSR count). The Morgan fingerprint density at radius 1 is 1.43 bits per heavy atom. The summed E-state index contributed by atoms with van der Waals surface area (Å²) in [5, 5.41) is 8.78. The van der Waals surface area contributed by atoms with Crippen molar-refractivity contribution in [2.45, 2.75) is 19.8 Å². The van der Waals surface area contributed by atoms with Gasteiger partial charge in [-0.15, -0.1) is 0 Å². The molecule has 1 fully saturated rings. The molecule has 1 heterocycles. The van der Waals surface area contributed by atoms with E-state index in [9.17, 15) is 4.79 Å². The first-order valence-electron chi connectivity index (χ1n) is 5.39. The summed E-state index contributed by atoms with van der Waals surface area (Å²) in [7, 11) is 0. The third kappa shape index (κ3) is 3.27. The van der Waals surface area contributed by atoms with Gasteiger partial charge in [-0.1, -0.05) is 6.92 Å². The molecule has 0 bridgehead atoms. The molecule has 1 aliphatic rings. The van der Waals surface area contributed by atoms with Crippen LogP contribution < -0.4 is 0 Å². The van der Waals surface area contributed by atoms with Crippen LogP contribution in [0, 0.1) is 0 Å². The Balaban J connectivity index is 2.29. The van der Waals surface area contributed by atoms with Crippen molar-refractivity contribution in [1.29, 1.82) is 0 Å². The summed E-state index contributed by atoms with van der Waals surface area (Å²) in [6.07, 6.45) is 2.27. The van der Waals surface area contributed by atoms with E-state index < -0.39 is 0 Å². The van der Waals surface area contributed by atoms with Crippen LogP contribution in [-0.2, 0) is 4.79 Å². The number of hydrogen-bond donors (Lipinski definition) is 1. The second kappa shape index (κ2) is 5.98. The zero-order valence-corrected chi connectivity index (χ0v) is 8.91. The minimum atomic E-state index is 0.126. The smallest absolute Gasteiger partial charge is 0.236 e. The maximum Gasteiger partial charge on any atom is 0.236 e. The van der Waals surface area contributed by atoms with Gasteiger partial charge in [0.15, 0.2) is 0 Å². The Labute approximate surface area is 85.5 Å². The van der Waals surface area contributed by atoms with Crippen molar-refractivity contribution < 1.29 is 9.90 Å². The monoisotopic (exact) mass is 200 g/mol. The summed E-state index contributed by atoms with van der Waals surface area (Å²) in [6.45, 7) is 5.83. The molecule has 0 unspecified atom stereocenters. The molecule has 1 aliphatic heterocycles. The quantitative estimate of drug-likeness (QED) is 0.675. The van der Waals surface area contributed by atoms with Gasteiger partial charge in [0.2, 0.25) is 5.91 Å². The fraction of sp³-hybridized carbons (Fsp3) is 0.900. The number of rotatable bonds is 5. The summed E-state index contributed by atoms with van der Waals surface area (Å²) in [6, 6.07) is 0. The number of amides is 1. The fourth-order valence-corrected chi connectivity index (χ4v) is 1.75. The number of carbonyl (C=O) groups is 1. The molecule has 0 aromatic rings. The molecule has 1 amide bonds. The number of nitrogens with zero attached hydrogens (tertiary/aromatic N) is 2. The van der Waals surface area contributed by atoms with Gasteiger partial charge in [-0.3, -0.25) is 9.69 Å². The van der Waals surface area contributed by atoms with Crippen LogP contribution in [-0.4, -0.2) is 60.1 Å². The van der Waals surface area contributed by atoms with E-state index in [1.807, 2.05) is 16.7 Å². The van der Waals surface area contributed by atoms with Gasteiger partial charge in [0.1, 0.15) is 0 Å². The first-order valence-corrected chi connectivity index (χ1v) is 5.39. The van der Waals surface area contributed by atoms with E-state index in [0.29, 0.717) is 13.1 Å². The van der Waals surface area contributed by atoms with E-state index in [-0.39, 0.29) is 12.5 Å². The molecular formula is C10H20N2O2. The number of likely N-dealkylation sites (tertiary alicyclic amines) is 1. The maximum absolute atomic E-state index is 11.7. The third-order valence-corrected chi connectivity index (χ3v) is 2.68. The van der Waals surface area contributed by atoms with E-state index in [0.717, 1.165) is 32.5 Å². The lowest BCUT2D eigenvalue weighted by molar-refractivity contribution is -0.131. The van der Waals surface area contributed by atoms with Crippen LogP contribution in [0.5, 0.6) is 0 Å². The molecule has 0 radical (unpaired) electrons. The van der Waals surface area contributed by atoms with E-state index >= 15 is 0 Å². The zero-order valence-electron chi connectivity index (χ0n) is 8.91. The van der Waals surface area contributed by atoms with Gasteiger partial charge in [0, 0.05) is 19.6 Å². The van der Waals surface area contributed by atoms with Crippen LogP contribution in [0.4, 0.5) is 0 Å². The summed E-state index contributed by atoms with van der Waals surface area (Å²) < 4.78 is 0. The Bertz CT molecular complexity index is 179. The van der Waals surface area contributed by atoms with Crippen molar-refractivity contribution in [3.8, 4) is 0 Å². The van der Waals surface area contributed by atoms with Crippen molar-refractivity contribution in [2.75, 3.05) is 39.3 Å². The molecule has 0 atom stereocenters. The van der Waals surface area contributed by atoms with E-state index in [1.54, 1.807) is 0 Å². The topological polar surface area (TPSA) is 43.8 Å². The molecule has 1 N–H and O–H groups in total. The molecule has 0 spiro atoms. The van der Waals surface area contributed by atoms with E-state index in [1.165, 1.54) is 0 Å². The van der Waals surface area contributed by atoms with Crippen molar-refractivity contribution >= 4 is 5.91 Å². The molecule has 0 aromatic carbocycles. The SMILES string of the molecule is CCN(CCO)CC(=O)N1CCCC1. The van der Waals surface area contributed by atoms with Crippen LogP contribution >= 0.6 is 0 Å². The Morgan fingerprint density at radius 3 is 2.57 bits per heavy atom. The van der Waals surface area contributed by atoms with Crippen molar-refractivity contribution in [2.24, 2.45) is 0 Å². The van der Waals surface area contributed by atoms with Gasteiger partial charge in [-0.2, -0.15) is 0 Å². The molecule has 0 aromatic heterocycles. The molecule has 4 nitrogen and oxygen atoms in total. The van der Waals surface area contributed by atoms with Crippen LogP contribution in [0.15, 0.2) is 0 Å². The number of aliphatic hydroxyl groups is 1. The molecule has 0 saturated carbocycles. The minimum absolute atomic E-state index is 0.126. The Hall–Kier alpha value is -0.610. The Morgan fingerprint density at radius 2 is 2.07 bits per heavy atom. The van der Waals surface area contributed by atoms with Crippen LogP contribution in [0.3, 0.4) is 0 Å². The highest BCUT2D eigenvalue weighted by Crippen LogP contribution is 2.07. The predicted octanol–water partition coefficient (Wildman–Crippen LogP) is -0.0770. The number of aliphatic hydroxyl groups excluding tert-OH is 1. The molecule has 1 saturated heterocycles. The zero-order chi connectivity index (χ0) is 10.4. The van der Waals surface area contributed by atoms with Gasteiger partial charge in [0.05, 0.1) is 13.2 Å². The average Bonchev–Trinajstić information content (AvgIpc) is 2.69. The lowest BCUT2D eigenvalue weighted by atomic mass is 10.4. The highest BCUT2D eigenvalue weighted by Gasteiger charge is 2.19. The van der Waals surface area contributed by atoms with Crippen molar-refractivity contribution in [3.05, 3.63) is 0 Å². The predicted molar refractivity (Wildman–Crippen MR) is 55.0 cm³/mol. The highest BCUT2D eigenvalue weighted by atomic mass is 16.3. The molecule has 0 aliphatic carbocycles.